The van der Waals surface area contributed by atoms with E-state index < -0.39 is 28.0 Å². The smallest absolute Gasteiger partial charge is 0.322 e. The van der Waals surface area contributed by atoms with Gasteiger partial charge in [-0.15, -0.1) is 4.40 Å². The maximum atomic E-state index is 13.4. The fourth-order valence-electron chi connectivity index (χ4n) is 3.60. The summed E-state index contributed by atoms with van der Waals surface area (Å²) in [4.78, 5) is 11.8. The standard InChI is InChI=1S/C25H36N4O4S/c1-15(2)19-13-20(16(3)4)23(21(14-19)17(5)6)34(32,33)29-25(26)28-27-22(24(30)31)12-18-10-8-7-9-11-18/h7-11,13-17,22,27H,12H2,1-6H3,(H,30,31)(H3,26,28,29)/t22-/m0/s1. The number of carboxylic acids is 1. The van der Waals surface area contributed by atoms with Crippen LogP contribution in [-0.2, 0) is 21.2 Å². The number of nitrogens with two attached hydrogens (primary N) is 1. The highest BCUT2D eigenvalue weighted by Gasteiger charge is 2.27. The van der Waals surface area contributed by atoms with Gasteiger partial charge in [0.25, 0.3) is 10.0 Å². The summed E-state index contributed by atoms with van der Waals surface area (Å²) in [6, 6.07) is 11.9. The summed E-state index contributed by atoms with van der Waals surface area (Å²) in [7, 11) is -4.17. The van der Waals surface area contributed by atoms with E-state index in [-0.39, 0.29) is 29.1 Å². The van der Waals surface area contributed by atoms with Crippen molar-refractivity contribution in [3.05, 3.63) is 64.7 Å². The third-order valence-corrected chi connectivity index (χ3v) is 6.94. The number of guanidine groups is 1. The van der Waals surface area contributed by atoms with Crippen LogP contribution in [0.4, 0.5) is 0 Å². The van der Waals surface area contributed by atoms with E-state index in [0.717, 1.165) is 11.1 Å². The molecule has 0 aromatic heterocycles. The molecule has 1 atom stereocenters. The van der Waals surface area contributed by atoms with Crippen molar-refractivity contribution in [2.24, 2.45) is 10.1 Å². The number of nitrogens with zero attached hydrogens (tertiary/aromatic N) is 1. The molecule has 0 amide bonds. The molecule has 0 aliphatic rings. The first-order valence-electron chi connectivity index (χ1n) is 11.4. The van der Waals surface area contributed by atoms with Gasteiger partial charge in [0.2, 0.25) is 5.96 Å². The van der Waals surface area contributed by atoms with E-state index in [2.05, 4.69) is 29.1 Å². The Hall–Kier alpha value is -2.91. The number of aliphatic carboxylic acids is 1. The number of sulfonamides is 1. The lowest BCUT2D eigenvalue weighted by Gasteiger charge is -2.21. The van der Waals surface area contributed by atoms with Crippen molar-refractivity contribution in [3.63, 3.8) is 0 Å². The van der Waals surface area contributed by atoms with Crippen LogP contribution in [0.15, 0.2) is 51.8 Å². The van der Waals surface area contributed by atoms with Crippen LogP contribution in [0.5, 0.6) is 0 Å². The number of hydrazine groups is 1. The predicted octanol–water partition coefficient (Wildman–Crippen LogP) is 3.85. The minimum atomic E-state index is -4.17. The molecule has 0 aliphatic heterocycles. The minimum absolute atomic E-state index is 0.0502. The molecule has 0 saturated heterocycles. The first-order chi connectivity index (χ1) is 15.8. The van der Waals surface area contributed by atoms with E-state index in [4.69, 9.17) is 5.73 Å². The van der Waals surface area contributed by atoms with Crippen LogP contribution >= 0.6 is 0 Å². The average Bonchev–Trinajstić information content (AvgIpc) is 2.75. The largest absolute Gasteiger partial charge is 0.480 e. The Kier molecular flexibility index (Phi) is 9.23. The minimum Gasteiger partial charge on any atom is -0.480 e. The second kappa shape index (κ2) is 11.5. The molecule has 2 rings (SSSR count). The summed E-state index contributed by atoms with van der Waals surface area (Å²) >= 11 is 0. The molecule has 0 saturated carbocycles. The maximum Gasteiger partial charge on any atom is 0.322 e. The van der Waals surface area contributed by atoms with E-state index in [1.165, 1.54) is 0 Å². The number of carboxylic acid groups (broad SMARTS) is 1. The van der Waals surface area contributed by atoms with Gasteiger partial charge in [0, 0.05) is 6.42 Å². The highest BCUT2D eigenvalue weighted by atomic mass is 32.2. The zero-order valence-electron chi connectivity index (χ0n) is 20.7. The quantitative estimate of drug-likeness (QED) is 0.227. The summed E-state index contributed by atoms with van der Waals surface area (Å²) in [5.74, 6) is -1.41. The molecule has 2 aromatic carbocycles. The molecule has 0 bridgehead atoms. The molecule has 34 heavy (non-hydrogen) atoms. The van der Waals surface area contributed by atoms with Crippen LogP contribution < -0.4 is 16.6 Å². The molecule has 0 fully saturated rings. The van der Waals surface area contributed by atoms with E-state index in [1.54, 1.807) is 12.1 Å². The lowest BCUT2D eigenvalue weighted by Crippen LogP contribution is -2.51. The first kappa shape index (κ1) is 27.3. The molecule has 0 unspecified atom stereocenters. The number of carbonyl (C=O) groups is 1. The average molecular weight is 489 g/mol. The molecule has 9 heteroatoms. The van der Waals surface area contributed by atoms with E-state index in [9.17, 15) is 18.3 Å². The molecule has 186 valence electrons. The Bertz CT molecular complexity index is 1100. The van der Waals surface area contributed by atoms with Crippen molar-refractivity contribution in [2.45, 2.75) is 76.7 Å². The number of hydrogen-bond acceptors (Lipinski definition) is 4. The normalized spacial score (nSPS) is 13.5. The van der Waals surface area contributed by atoms with Crippen LogP contribution in [0.2, 0.25) is 0 Å². The van der Waals surface area contributed by atoms with Crippen LogP contribution in [-0.4, -0.2) is 31.5 Å². The molecule has 0 spiro atoms. The molecule has 0 heterocycles. The maximum absolute atomic E-state index is 13.4. The second-order valence-corrected chi connectivity index (χ2v) is 10.8. The van der Waals surface area contributed by atoms with Gasteiger partial charge in [-0.1, -0.05) is 84.0 Å². The van der Waals surface area contributed by atoms with E-state index in [0.29, 0.717) is 11.1 Å². The zero-order chi connectivity index (χ0) is 25.6. The van der Waals surface area contributed by atoms with Crippen molar-refractivity contribution in [1.82, 2.24) is 10.9 Å². The van der Waals surface area contributed by atoms with Crippen molar-refractivity contribution >= 4 is 22.0 Å². The summed E-state index contributed by atoms with van der Waals surface area (Å²) in [5.41, 5.74) is 14.1. The van der Waals surface area contributed by atoms with Gasteiger partial charge in [0.15, 0.2) is 0 Å². The van der Waals surface area contributed by atoms with Gasteiger partial charge in [-0.2, -0.15) is 8.42 Å². The fraction of sp³-hybridized carbons (Fsp3) is 0.440. The fourth-order valence-corrected chi connectivity index (χ4v) is 5.18. The number of hydrogen-bond donors (Lipinski definition) is 4. The topological polar surface area (TPSA) is 134 Å². The van der Waals surface area contributed by atoms with Crippen LogP contribution in [0, 0.1) is 0 Å². The summed E-state index contributed by atoms with van der Waals surface area (Å²) < 4.78 is 30.6. The van der Waals surface area contributed by atoms with Gasteiger partial charge in [-0.05, 0) is 40.0 Å². The number of benzene rings is 2. The molecular formula is C25H36N4O4S. The van der Waals surface area contributed by atoms with Gasteiger partial charge in [0.1, 0.15) is 6.04 Å². The molecule has 5 N–H and O–H groups in total. The Balaban J connectivity index is 2.38. The van der Waals surface area contributed by atoms with Crippen molar-refractivity contribution in [1.29, 1.82) is 0 Å². The molecular weight excluding hydrogens is 452 g/mol. The lowest BCUT2D eigenvalue weighted by molar-refractivity contribution is -0.139. The number of nitrogens with one attached hydrogen (secondary N) is 2. The SMILES string of the molecule is CC(C)c1cc(C(C)C)c(S(=O)(=O)N=C(N)NN[C@@H](Cc2ccccc2)C(=O)O)c(C(C)C)c1. The Morgan fingerprint density at radius 1 is 0.971 bits per heavy atom. The van der Waals surface area contributed by atoms with Crippen LogP contribution in [0.25, 0.3) is 0 Å². The Labute approximate surface area is 202 Å². The summed E-state index contributed by atoms with van der Waals surface area (Å²) in [6.07, 6.45) is 0.175. The highest BCUT2D eigenvalue weighted by Crippen LogP contribution is 2.35. The Morgan fingerprint density at radius 2 is 1.50 bits per heavy atom. The number of rotatable bonds is 10. The summed E-state index contributed by atoms with van der Waals surface area (Å²) in [6.45, 7) is 11.9. The second-order valence-electron chi connectivity index (χ2n) is 9.29. The zero-order valence-corrected chi connectivity index (χ0v) is 21.5. The van der Waals surface area contributed by atoms with Gasteiger partial charge in [-0.25, -0.2) is 5.43 Å². The molecule has 0 aliphatic carbocycles. The predicted molar refractivity (Wildman–Crippen MR) is 135 cm³/mol. The first-order valence-corrected chi connectivity index (χ1v) is 12.8. The van der Waals surface area contributed by atoms with Crippen LogP contribution in [0.3, 0.4) is 0 Å². The van der Waals surface area contributed by atoms with Gasteiger partial charge < -0.3 is 10.8 Å². The lowest BCUT2D eigenvalue weighted by atomic mass is 9.89. The molecule has 0 radical (unpaired) electrons. The van der Waals surface area contributed by atoms with Crippen molar-refractivity contribution < 1.29 is 18.3 Å². The van der Waals surface area contributed by atoms with Crippen LogP contribution in [0.1, 0.15) is 81.5 Å². The van der Waals surface area contributed by atoms with Crippen molar-refractivity contribution in [3.8, 4) is 0 Å². The Morgan fingerprint density at radius 3 is 1.94 bits per heavy atom. The monoisotopic (exact) mass is 488 g/mol. The van der Waals surface area contributed by atoms with Crippen molar-refractivity contribution in [2.75, 3.05) is 0 Å². The third-order valence-electron chi connectivity index (χ3n) is 5.51. The highest BCUT2D eigenvalue weighted by molar-refractivity contribution is 7.90. The van der Waals surface area contributed by atoms with E-state index >= 15 is 0 Å². The molecule has 2 aromatic rings. The van der Waals surface area contributed by atoms with E-state index in [1.807, 2.05) is 58.0 Å². The van der Waals surface area contributed by atoms with Gasteiger partial charge >= 0.3 is 5.97 Å². The van der Waals surface area contributed by atoms with Gasteiger partial charge in [-0.3, -0.25) is 10.2 Å². The molecule has 8 nitrogen and oxygen atoms in total. The summed E-state index contributed by atoms with van der Waals surface area (Å²) in [5, 5.41) is 9.52. The van der Waals surface area contributed by atoms with Gasteiger partial charge in [0.05, 0.1) is 4.90 Å². The third kappa shape index (κ3) is 7.04.